The highest BCUT2D eigenvalue weighted by Crippen LogP contribution is 2.28. The van der Waals surface area contributed by atoms with E-state index in [1.54, 1.807) is 13.1 Å². The molecule has 2 heterocycles. The number of hydrogen-bond acceptors (Lipinski definition) is 4. The van der Waals surface area contributed by atoms with Crippen LogP contribution in [0.5, 0.6) is 0 Å². The number of amides is 1. The molecule has 152 valence electrons. The molecular formula is C23H28N4O2. The molecular weight excluding hydrogens is 364 g/mol. The molecule has 29 heavy (non-hydrogen) atoms. The van der Waals surface area contributed by atoms with Crippen LogP contribution < -0.4 is 5.32 Å². The molecule has 3 rings (SSSR count). The summed E-state index contributed by atoms with van der Waals surface area (Å²) in [6.07, 6.45) is 3.60. The van der Waals surface area contributed by atoms with Gasteiger partial charge in [0.15, 0.2) is 0 Å². The van der Waals surface area contributed by atoms with Crippen LogP contribution in [0.15, 0.2) is 48.8 Å². The second-order valence-corrected chi connectivity index (χ2v) is 7.87. The Bertz CT molecular complexity index is 977. The smallest absolute Gasteiger partial charge is 0.251 e. The number of nitrogens with zero attached hydrogens (tertiary/aromatic N) is 3. The highest BCUT2D eigenvalue weighted by Gasteiger charge is 2.15. The highest BCUT2D eigenvalue weighted by molar-refractivity contribution is 5.97. The zero-order chi connectivity index (χ0) is 21.0. The van der Waals surface area contributed by atoms with Crippen molar-refractivity contribution in [2.24, 2.45) is 5.92 Å². The third-order valence-electron chi connectivity index (χ3n) is 4.60. The second kappa shape index (κ2) is 9.01. The Labute approximate surface area is 171 Å². The summed E-state index contributed by atoms with van der Waals surface area (Å²) in [7, 11) is 0. The molecule has 0 unspecified atom stereocenters. The molecule has 0 radical (unpaired) electrons. The van der Waals surface area contributed by atoms with Gasteiger partial charge in [-0.25, -0.2) is 0 Å². The number of aliphatic hydroxyl groups is 1. The first-order valence-electron chi connectivity index (χ1n) is 9.89. The van der Waals surface area contributed by atoms with E-state index in [0.29, 0.717) is 11.5 Å². The molecule has 0 aliphatic carbocycles. The zero-order valence-electron chi connectivity index (χ0n) is 17.4. The van der Waals surface area contributed by atoms with Gasteiger partial charge in [-0.3, -0.25) is 14.5 Å². The summed E-state index contributed by atoms with van der Waals surface area (Å²) < 4.78 is 1.96. The monoisotopic (exact) mass is 392 g/mol. The van der Waals surface area contributed by atoms with E-state index >= 15 is 0 Å². The Balaban J connectivity index is 2.09. The highest BCUT2D eigenvalue weighted by atomic mass is 16.3. The Hall–Kier alpha value is -2.99. The molecule has 3 aromatic rings. The Kier molecular flexibility index (Phi) is 6.44. The van der Waals surface area contributed by atoms with Crippen LogP contribution in [0.1, 0.15) is 36.7 Å². The lowest BCUT2D eigenvalue weighted by Crippen LogP contribution is -2.35. The van der Waals surface area contributed by atoms with Crippen LogP contribution in [-0.2, 0) is 6.54 Å². The van der Waals surface area contributed by atoms with Gasteiger partial charge in [-0.2, -0.15) is 5.10 Å². The number of rotatable bonds is 7. The zero-order valence-corrected chi connectivity index (χ0v) is 17.4. The number of pyridine rings is 1. The predicted octanol–water partition coefficient (Wildman–Crippen LogP) is 3.69. The van der Waals surface area contributed by atoms with Gasteiger partial charge in [0.25, 0.3) is 5.91 Å². The van der Waals surface area contributed by atoms with Gasteiger partial charge >= 0.3 is 0 Å². The molecule has 0 bridgehead atoms. The molecule has 0 spiro atoms. The molecule has 0 fully saturated rings. The van der Waals surface area contributed by atoms with Gasteiger partial charge in [0.1, 0.15) is 0 Å². The fourth-order valence-corrected chi connectivity index (χ4v) is 3.12. The first kappa shape index (κ1) is 20.7. The number of aromatic nitrogens is 3. The van der Waals surface area contributed by atoms with Crippen LogP contribution in [0.2, 0.25) is 0 Å². The molecule has 6 heteroatoms. The third-order valence-corrected chi connectivity index (χ3v) is 4.60. The van der Waals surface area contributed by atoms with Gasteiger partial charge in [-0.05, 0) is 55.7 Å². The molecule has 0 saturated carbocycles. The maximum Gasteiger partial charge on any atom is 0.251 e. The van der Waals surface area contributed by atoms with Crippen LogP contribution in [0.4, 0.5) is 0 Å². The minimum Gasteiger partial charge on any atom is -0.394 e. The van der Waals surface area contributed by atoms with E-state index in [0.717, 1.165) is 34.6 Å². The number of benzene rings is 1. The molecule has 1 aromatic carbocycles. The lowest BCUT2D eigenvalue weighted by atomic mass is 10.00. The number of aryl methyl sites for hydroxylation is 1. The van der Waals surface area contributed by atoms with Crippen molar-refractivity contribution in [2.45, 2.75) is 40.3 Å². The van der Waals surface area contributed by atoms with E-state index in [2.05, 4.69) is 29.2 Å². The summed E-state index contributed by atoms with van der Waals surface area (Å²) in [5.74, 6) is 0.223. The van der Waals surface area contributed by atoms with Crippen LogP contribution in [0.25, 0.3) is 22.5 Å². The quantitative estimate of drug-likeness (QED) is 0.643. The van der Waals surface area contributed by atoms with Crippen molar-refractivity contribution < 1.29 is 9.90 Å². The Morgan fingerprint density at radius 2 is 1.90 bits per heavy atom. The summed E-state index contributed by atoms with van der Waals surface area (Å²) >= 11 is 0. The average Bonchev–Trinajstić information content (AvgIpc) is 3.15. The van der Waals surface area contributed by atoms with Gasteiger partial charge < -0.3 is 10.4 Å². The summed E-state index contributed by atoms with van der Waals surface area (Å²) in [6, 6.07) is 11.3. The first-order valence-corrected chi connectivity index (χ1v) is 9.89. The van der Waals surface area contributed by atoms with E-state index in [1.807, 2.05) is 54.2 Å². The van der Waals surface area contributed by atoms with Crippen molar-refractivity contribution in [3.05, 3.63) is 59.9 Å². The maximum absolute atomic E-state index is 12.8. The molecule has 0 aliphatic heterocycles. The fraction of sp³-hybridized carbons (Fsp3) is 0.348. The van der Waals surface area contributed by atoms with Crippen LogP contribution >= 0.6 is 0 Å². The standard InChI is InChI=1S/C23H28N4O2/c1-15(2)13-27-22(7-8-25-27)19-9-18(21-6-5-16(3)12-24-21)10-20(11-19)23(29)26-17(4)14-28/h5-12,15,17,28H,13-14H2,1-4H3,(H,26,29)/t17-/m0/s1. The molecule has 0 saturated heterocycles. The summed E-state index contributed by atoms with van der Waals surface area (Å²) in [5, 5.41) is 16.5. The Morgan fingerprint density at radius 3 is 2.55 bits per heavy atom. The van der Waals surface area contributed by atoms with Crippen LogP contribution in [0.3, 0.4) is 0 Å². The number of hydrogen-bond donors (Lipinski definition) is 2. The topological polar surface area (TPSA) is 80.0 Å². The van der Waals surface area contributed by atoms with Crippen molar-refractivity contribution in [3.63, 3.8) is 0 Å². The normalized spacial score (nSPS) is 12.2. The van der Waals surface area contributed by atoms with Crippen molar-refractivity contribution in [1.82, 2.24) is 20.1 Å². The van der Waals surface area contributed by atoms with Gasteiger partial charge in [0, 0.05) is 41.7 Å². The number of carbonyl (C=O) groups is 1. The molecule has 6 nitrogen and oxygen atoms in total. The molecule has 1 atom stereocenters. The lowest BCUT2D eigenvalue weighted by molar-refractivity contribution is 0.0922. The summed E-state index contributed by atoms with van der Waals surface area (Å²) in [6.45, 7) is 8.73. The van der Waals surface area contributed by atoms with Crippen LogP contribution in [-0.4, -0.2) is 38.4 Å². The first-order chi connectivity index (χ1) is 13.9. The summed E-state index contributed by atoms with van der Waals surface area (Å²) in [4.78, 5) is 17.3. The number of carbonyl (C=O) groups excluding carboxylic acids is 1. The fourth-order valence-electron chi connectivity index (χ4n) is 3.12. The minimum atomic E-state index is -0.321. The molecule has 0 aliphatic rings. The van der Waals surface area contributed by atoms with Gasteiger partial charge in [0.2, 0.25) is 0 Å². The van der Waals surface area contributed by atoms with E-state index in [4.69, 9.17) is 0 Å². The van der Waals surface area contributed by atoms with Crippen LogP contribution in [0, 0.1) is 12.8 Å². The number of nitrogens with one attached hydrogen (secondary N) is 1. The van der Waals surface area contributed by atoms with Crippen molar-refractivity contribution >= 4 is 5.91 Å². The second-order valence-electron chi connectivity index (χ2n) is 7.87. The largest absolute Gasteiger partial charge is 0.394 e. The average molecular weight is 393 g/mol. The van der Waals surface area contributed by atoms with Crippen molar-refractivity contribution in [2.75, 3.05) is 6.61 Å². The van der Waals surface area contributed by atoms with E-state index < -0.39 is 0 Å². The predicted molar refractivity (Wildman–Crippen MR) is 114 cm³/mol. The van der Waals surface area contributed by atoms with E-state index in [-0.39, 0.29) is 18.6 Å². The van der Waals surface area contributed by atoms with Gasteiger partial charge in [-0.1, -0.05) is 19.9 Å². The third kappa shape index (κ3) is 5.09. The molecule has 2 N–H and O–H groups in total. The maximum atomic E-state index is 12.8. The van der Waals surface area contributed by atoms with E-state index in [1.165, 1.54) is 0 Å². The van der Waals surface area contributed by atoms with E-state index in [9.17, 15) is 9.90 Å². The van der Waals surface area contributed by atoms with Gasteiger partial charge in [0.05, 0.1) is 18.0 Å². The lowest BCUT2D eigenvalue weighted by Gasteiger charge is -2.15. The van der Waals surface area contributed by atoms with Gasteiger partial charge in [-0.15, -0.1) is 0 Å². The van der Waals surface area contributed by atoms with Crippen molar-refractivity contribution in [1.29, 1.82) is 0 Å². The SMILES string of the molecule is Cc1ccc(-c2cc(C(=O)N[C@@H](C)CO)cc(-c3ccnn3CC(C)C)c2)nc1. The Morgan fingerprint density at radius 1 is 1.14 bits per heavy atom. The molecule has 1 amide bonds. The number of aliphatic hydroxyl groups excluding tert-OH is 1. The summed E-state index contributed by atoms with van der Waals surface area (Å²) in [5.41, 5.74) is 5.13. The van der Waals surface area contributed by atoms with Crippen molar-refractivity contribution in [3.8, 4) is 22.5 Å². The minimum absolute atomic E-state index is 0.112. The molecule has 2 aromatic heterocycles.